The summed E-state index contributed by atoms with van der Waals surface area (Å²) >= 11 is 0. The molecule has 0 spiro atoms. The summed E-state index contributed by atoms with van der Waals surface area (Å²) in [6.45, 7) is 11.2. The molecule has 1 aliphatic heterocycles. The summed E-state index contributed by atoms with van der Waals surface area (Å²) in [6, 6.07) is 14.4. The van der Waals surface area contributed by atoms with Crippen LogP contribution in [0.1, 0.15) is 59.1 Å². The molecular weight excluding hydrogens is 350 g/mol. The second-order valence-corrected chi connectivity index (χ2v) is 8.59. The molecule has 0 saturated carbocycles. The molecule has 1 fully saturated rings. The molecule has 0 unspecified atom stereocenters. The largest absolute Gasteiger partial charge is 0.443 e. The van der Waals surface area contributed by atoms with Gasteiger partial charge < -0.3 is 4.74 Å². The third kappa shape index (κ3) is 4.71. The van der Waals surface area contributed by atoms with E-state index in [1.807, 2.05) is 63.4 Å². The Balaban J connectivity index is 1.89. The molecule has 2 heterocycles. The number of nitrogens with zero attached hydrogens (tertiary/aromatic N) is 3. The third-order valence-electron chi connectivity index (χ3n) is 4.93. The zero-order valence-corrected chi connectivity index (χ0v) is 17.6. The van der Waals surface area contributed by atoms with E-state index < -0.39 is 11.7 Å². The van der Waals surface area contributed by atoms with Crippen LogP contribution >= 0.6 is 0 Å². The highest BCUT2D eigenvalue weighted by atomic mass is 16.6. The number of likely N-dealkylation sites (tertiary alicyclic amines) is 1. The molecular formula is C23H31N3O2. The van der Waals surface area contributed by atoms with E-state index in [0.29, 0.717) is 17.9 Å². The lowest BCUT2D eigenvalue weighted by atomic mass is 10.1. The average molecular weight is 382 g/mol. The standard InChI is InChI=1S/C23H31N3O2/c1-17(2)25-15-9-12-20(25)18-13-14-21(24-16-18)26(19-10-7-6-8-11-19)22(27)28-23(3,4)5/h6-8,10-11,13-14,16-17,20H,9,12,15H2,1-5H3/t20-/m0/s1. The van der Waals surface area contributed by atoms with E-state index in [1.54, 1.807) is 0 Å². The molecule has 1 atom stereocenters. The minimum absolute atomic E-state index is 0.397. The van der Waals surface area contributed by atoms with Crippen LogP contribution in [0.4, 0.5) is 16.3 Å². The molecule has 1 saturated heterocycles. The lowest BCUT2D eigenvalue weighted by Crippen LogP contribution is -2.34. The molecule has 1 aliphatic rings. The van der Waals surface area contributed by atoms with E-state index in [-0.39, 0.29) is 0 Å². The SMILES string of the molecule is CC(C)N1CCC[C@H]1c1ccc(N(C(=O)OC(C)(C)C)c2ccccc2)nc1. The van der Waals surface area contributed by atoms with E-state index in [4.69, 9.17) is 4.74 Å². The normalized spacial score (nSPS) is 17.7. The van der Waals surface area contributed by atoms with E-state index in [9.17, 15) is 4.79 Å². The number of ether oxygens (including phenoxy) is 1. The van der Waals surface area contributed by atoms with Gasteiger partial charge in [0.25, 0.3) is 0 Å². The number of aromatic nitrogens is 1. The zero-order chi connectivity index (χ0) is 20.3. The predicted molar refractivity (Wildman–Crippen MR) is 113 cm³/mol. The highest BCUT2D eigenvalue weighted by molar-refractivity contribution is 5.95. The lowest BCUT2D eigenvalue weighted by molar-refractivity contribution is 0.0598. The third-order valence-corrected chi connectivity index (χ3v) is 4.93. The number of benzene rings is 1. The maximum absolute atomic E-state index is 12.9. The van der Waals surface area contributed by atoms with Crippen LogP contribution in [-0.2, 0) is 4.74 Å². The molecule has 2 aromatic rings. The second kappa shape index (κ2) is 8.31. The number of amides is 1. The van der Waals surface area contributed by atoms with E-state index in [1.165, 1.54) is 16.9 Å². The fourth-order valence-corrected chi connectivity index (χ4v) is 3.71. The van der Waals surface area contributed by atoms with Crippen LogP contribution in [0, 0.1) is 0 Å². The van der Waals surface area contributed by atoms with Crippen molar-refractivity contribution in [1.82, 2.24) is 9.88 Å². The van der Waals surface area contributed by atoms with Gasteiger partial charge in [0, 0.05) is 18.3 Å². The van der Waals surface area contributed by atoms with Crippen LogP contribution in [0.5, 0.6) is 0 Å². The summed E-state index contributed by atoms with van der Waals surface area (Å²) in [5, 5.41) is 0. The van der Waals surface area contributed by atoms with Crippen molar-refractivity contribution in [1.29, 1.82) is 0 Å². The van der Waals surface area contributed by atoms with E-state index >= 15 is 0 Å². The predicted octanol–water partition coefficient (Wildman–Crippen LogP) is 5.70. The summed E-state index contributed by atoms with van der Waals surface area (Å²) in [7, 11) is 0. The first-order chi connectivity index (χ1) is 13.3. The number of hydrogen-bond acceptors (Lipinski definition) is 4. The first-order valence-electron chi connectivity index (χ1n) is 10.1. The topological polar surface area (TPSA) is 45.7 Å². The molecule has 3 rings (SSSR count). The Morgan fingerprint density at radius 2 is 1.89 bits per heavy atom. The van der Waals surface area contributed by atoms with Crippen LogP contribution < -0.4 is 4.90 Å². The van der Waals surface area contributed by atoms with Crippen LogP contribution in [0.15, 0.2) is 48.7 Å². The molecule has 0 bridgehead atoms. The Morgan fingerprint density at radius 3 is 2.46 bits per heavy atom. The van der Waals surface area contributed by atoms with Gasteiger partial charge in [0.2, 0.25) is 0 Å². The van der Waals surface area contributed by atoms with Crippen molar-refractivity contribution >= 4 is 17.6 Å². The molecule has 28 heavy (non-hydrogen) atoms. The molecule has 1 amide bonds. The Morgan fingerprint density at radius 1 is 1.18 bits per heavy atom. The monoisotopic (exact) mass is 381 g/mol. The Hall–Kier alpha value is -2.40. The fourth-order valence-electron chi connectivity index (χ4n) is 3.71. The smallest absolute Gasteiger partial charge is 0.420 e. The number of pyridine rings is 1. The second-order valence-electron chi connectivity index (χ2n) is 8.59. The van der Waals surface area contributed by atoms with Crippen LogP contribution in [0.25, 0.3) is 0 Å². The summed E-state index contributed by atoms with van der Waals surface area (Å²) in [5.41, 5.74) is 1.36. The van der Waals surface area contributed by atoms with Crippen LogP contribution in [0.2, 0.25) is 0 Å². The van der Waals surface area contributed by atoms with Gasteiger partial charge in [-0.3, -0.25) is 4.90 Å². The average Bonchev–Trinajstić information content (AvgIpc) is 3.12. The van der Waals surface area contributed by atoms with Gasteiger partial charge in [0.05, 0.1) is 5.69 Å². The Bertz CT molecular complexity index is 782. The summed E-state index contributed by atoms with van der Waals surface area (Å²) < 4.78 is 5.63. The quantitative estimate of drug-likeness (QED) is 0.681. The van der Waals surface area contributed by atoms with Gasteiger partial charge in [0.15, 0.2) is 0 Å². The minimum Gasteiger partial charge on any atom is -0.443 e. The Kier molecular flexibility index (Phi) is 6.04. The van der Waals surface area contributed by atoms with Crippen LogP contribution in [-0.4, -0.2) is 34.2 Å². The summed E-state index contributed by atoms with van der Waals surface area (Å²) in [6.07, 6.45) is 3.83. The maximum Gasteiger partial charge on any atom is 0.420 e. The summed E-state index contributed by atoms with van der Waals surface area (Å²) in [4.78, 5) is 21.6. The van der Waals surface area contributed by atoms with Gasteiger partial charge >= 0.3 is 6.09 Å². The fraction of sp³-hybridized carbons (Fsp3) is 0.478. The molecule has 0 aliphatic carbocycles. The number of anilines is 2. The van der Waals surface area contributed by atoms with Gasteiger partial charge in [-0.05, 0) is 77.8 Å². The molecule has 150 valence electrons. The molecule has 1 aromatic carbocycles. The summed E-state index contributed by atoms with van der Waals surface area (Å²) in [5.74, 6) is 0.568. The number of carbonyl (C=O) groups is 1. The molecule has 0 N–H and O–H groups in total. The highest BCUT2D eigenvalue weighted by Crippen LogP contribution is 2.34. The van der Waals surface area contributed by atoms with Crippen molar-refractivity contribution in [3.05, 3.63) is 54.2 Å². The highest BCUT2D eigenvalue weighted by Gasteiger charge is 2.29. The van der Waals surface area contributed by atoms with Crippen molar-refractivity contribution in [3.8, 4) is 0 Å². The first-order valence-corrected chi connectivity index (χ1v) is 10.1. The van der Waals surface area contributed by atoms with Gasteiger partial charge in [-0.2, -0.15) is 0 Å². The molecule has 5 heteroatoms. The Labute approximate surface area is 168 Å². The zero-order valence-electron chi connectivity index (χ0n) is 17.6. The van der Waals surface area contributed by atoms with Crippen molar-refractivity contribution in [2.24, 2.45) is 0 Å². The number of para-hydroxylation sites is 1. The number of carbonyl (C=O) groups excluding carboxylic acids is 1. The number of hydrogen-bond donors (Lipinski definition) is 0. The molecule has 0 radical (unpaired) electrons. The van der Waals surface area contributed by atoms with Gasteiger partial charge in [-0.25, -0.2) is 14.7 Å². The molecule has 1 aromatic heterocycles. The lowest BCUT2D eigenvalue weighted by Gasteiger charge is -2.29. The van der Waals surface area contributed by atoms with Gasteiger partial charge in [0.1, 0.15) is 11.4 Å². The number of rotatable bonds is 4. The van der Waals surface area contributed by atoms with Crippen molar-refractivity contribution in [2.45, 2.75) is 65.1 Å². The van der Waals surface area contributed by atoms with Crippen molar-refractivity contribution in [3.63, 3.8) is 0 Å². The van der Waals surface area contributed by atoms with Crippen LogP contribution in [0.3, 0.4) is 0 Å². The van der Waals surface area contributed by atoms with Gasteiger partial charge in [-0.15, -0.1) is 0 Å². The van der Waals surface area contributed by atoms with Gasteiger partial charge in [-0.1, -0.05) is 24.3 Å². The van der Waals surface area contributed by atoms with Crippen molar-refractivity contribution < 1.29 is 9.53 Å². The minimum atomic E-state index is -0.578. The molecule has 5 nitrogen and oxygen atoms in total. The van der Waals surface area contributed by atoms with E-state index in [2.05, 4.69) is 29.8 Å². The van der Waals surface area contributed by atoms with E-state index in [0.717, 1.165) is 18.7 Å². The maximum atomic E-state index is 12.9. The van der Waals surface area contributed by atoms with Crippen molar-refractivity contribution in [2.75, 3.05) is 11.4 Å². The first kappa shape index (κ1) is 20.3.